The number of hydrogen-bond donors (Lipinski definition) is 0. The fourth-order valence-corrected chi connectivity index (χ4v) is 5.30. The molecule has 0 aliphatic rings. The summed E-state index contributed by atoms with van der Waals surface area (Å²) in [5, 5.41) is 0.210. The summed E-state index contributed by atoms with van der Waals surface area (Å²) in [4.78, 5) is 25.4. The Morgan fingerprint density at radius 1 is 1.23 bits per heavy atom. The molecule has 0 saturated heterocycles. The van der Waals surface area contributed by atoms with Gasteiger partial charge in [0.1, 0.15) is 10.6 Å². The van der Waals surface area contributed by atoms with Crippen molar-refractivity contribution in [1.82, 2.24) is 8.87 Å². The van der Waals surface area contributed by atoms with Crippen LogP contribution in [0.3, 0.4) is 0 Å². The molecule has 0 N–H and O–H groups in total. The second-order valence-electron chi connectivity index (χ2n) is 6.85. The Labute approximate surface area is 186 Å². The smallest absolute Gasteiger partial charge is 0.355 e. The zero-order valence-electron chi connectivity index (χ0n) is 17.6. The maximum absolute atomic E-state index is 13.3. The molecular formula is C20H24Cl2N2O5S. The molecule has 7 nitrogen and oxygen atoms in total. The highest BCUT2D eigenvalue weighted by Crippen LogP contribution is 2.30. The van der Waals surface area contributed by atoms with Crippen LogP contribution in [-0.4, -0.2) is 48.7 Å². The Balaban J connectivity index is 2.48. The predicted molar refractivity (Wildman–Crippen MR) is 116 cm³/mol. The van der Waals surface area contributed by atoms with E-state index >= 15 is 0 Å². The number of halogens is 2. The van der Waals surface area contributed by atoms with E-state index in [1.165, 1.54) is 32.2 Å². The summed E-state index contributed by atoms with van der Waals surface area (Å²) in [6.07, 6.45) is 0. The number of ketones is 1. The Morgan fingerprint density at radius 2 is 1.83 bits per heavy atom. The van der Waals surface area contributed by atoms with Crippen LogP contribution < -0.4 is 0 Å². The maximum Gasteiger partial charge on any atom is 0.355 e. The number of benzene rings is 1. The molecule has 0 fully saturated rings. The van der Waals surface area contributed by atoms with E-state index in [-0.39, 0.29) is 32.8 Å². The van der Waals surface area contributed by atoms with Crippen molar-refractivity contribution >= 4 is 45.0 Å². The van der Waals surface area contributed by atoms with Gasteiger partial charge in [-0.15, -0.1) is 0 Å². The molecule has 1 heterocycles. The molecule has 1 aromatic carbocycles. The minimum atomic E-state index is -4.10. The number of sulfonamides is 1. The van der Waals surface area contributed by atoms with Crippen molar-refractivity contribution in [1.29, 1.82) is 0 Å². The number of hydrogen-bond acceptors (Lipinski definition) is 5. The van der Waals surface area contributed by atoms with E-state index in [9.17, 15) is 18.0 Å². The lowest BCUT2D eigenvalue weighted by molar-refractivity contribution is 0.0514. The summed E-state index contributed by atoms with van der Waals surface area (Å²) in [5.41, 5.74) is 1.52. The monoisotopic (exact) mass is 474 g/mol. The van der Waals surface area contributed by atoms with Crippen LogP contribution in [0.1, 0.15) is 46.0 Å². The summed E-state index contributed by atoms with van der Waals surface area (Å²) in [6, 6.07) is 3.05. The molecule has 30 heavy (non-hydrogen) atoms. The van der Waals surface area contributed by atoms with Gasteiger partial charge in [0.2, 0.25) is 10.0 Å². The molecule has 0 aliphatic heterocycles. The van der Waals surface area contributed by atoms with Crippen molar-refractivity contribution in [2.45, 2.75) is 38.6 Å². The summed E-state index contributed by atoms with van der Waals surface area (Å²) in [6.45, 7) is 6.70. The lowest BCUT2D eigenvalue weighted by Crippen LogP contribution is -2.40. The number of likely N-dealkylation sites (N-methyl/N-ethyl adjacent to an activating group) is 1. The van der Waals surface area contributed by atoms with Gasteiger partial charge in [-0.3, -0.25) is 4.79 Å². The number of nitrogens with zero attached hydrogens (tertiary/aromatic N) is 2. The standard InChI is InChI=1S/C20H24Cl2N2O5S/c1-7-29-20(26)18-11(2)17(12(3)23(18)5)19(25)13(4)24(6)30(27,28)16-10-14(21)8-9-15(16)22/h8-10,13H,7H2,1-6H3. The molecule has 1 unspecified atom stereocenters. The van der Waals surface area contributed by atoms with Crippen molar-refractivity contribution in [3.05, 3.63) is 50.8 Å². The molecule has 1 aromatic heterocycles. The van der Waals surface area contributed by atoms with Crippen LogP contribution in [0.2, 0.25) is 10.0 Å². The van der Waals surface area contributed by atoms with E-state index in [1.54, 1.807) is 32.4 Å². The summed E-state index contributed by atoms with van der Waals surface area (Å²) < 4.78 is 33.7. The van der Waals surface area contributed by atoms with Gasteiger partial charge >= 0.3 is 5.97 Å². The second kappa shape index (κ2) is 9.09. The van der Waals surface area contributed by atoms with E-state index in [0.29, 0.717) is 11.3 Å². The van der Waals surface area contributed by atoms with Gasteiger partial charge in [-0.05, 0) is 51.5 Å². The highest BCUT2D eigenvalue weighted by molar-refractivity contribution is 7.89. The Morgan fingerprint density at radius 3 is 2.40 bits per heavy atom. The van der Waals surface area contributed by atoms with E-state index in [0.717, 1.165) is 4.31 Å². The number of aromatic nitrogens is 1. The summed E-state index contributed by atoms with van der Waals surface area (Å²) in [5.74, 6) is -0.987. The average molecular weight is 475 g/mol. The van der Waals surface area contributed by atoms with Gasteiger partial charge < -0.3 is 9.30 Å². The fraction of sp³-hybridized carbons (Fsp3) is 0.400. The van der Waals surface area contributed by atoms with Crippen molar-refractivity contribution < 1.29 is 22.7 Å². The third-order valence-electron chi connectivity index (χ3n) is 5.12. The molecule has 2 aromatic rings. The number of carbonyl (C=O) groups excluding carboxylic acids is 2. The Bertz CT molecular complexity index is 1110. The zero-order chi connectivity index (χ0) is 23.0. The van der Waals surface area contributed by atoms with Gasteiger partial charge in [-0.2, -0.15) is 4.31 Å². The Hall–Kier alpha value is -1.87. The Kier molecular flexibility index (Phi) is 7.40. The first-order valence-corrected chi connectivity index (χ1v) is 11.4. The van der Waals surface area contributed by atoms with E-state index in [4.69, 9.17) is 27.9 Å². The van der Waals surface area contributed by atoms with E-state index < -0.39 is 27.8 Å². The molecule has 0 spiro atoms. The first-order valence-electron chi connectivity index (χ1n) is 9.16. The van der Waals surface area contributed by atoms with Gasteiger partial charge in [-0.25, -0.2) is 13.2 Å². The van der Waals surface area contributed by atoms with Gasteiger partial charge in [0.25, 0.3) is 0 Å². The van der Waals surface area contributed by atoms with Crippen LogP contribution in [0.5, 0.6) is 0 Å². The molecular weight excluding hydrogens is 451 g/mol. The van der Waals surface area contributed by atoms with Crippen LogP contribution in [0.25, 0.3) is 0 Å². The molecule has 164 valence electrons. The van der Waals surface area contributed by atoms with Crippen molar-refractivity contribution in [3.63, 3.8) is 0 Å². The van der Waals surface area contributed by atoms with Crippen molar-refractivity contribution in [2.24, 2.45) is 7.05 Å². The third-order valence-corrected chi connectivity index (χ3v) is 7.77. The summed E-state index contributed by atoms with van der Waals surface area (Å²) >= 11 is 12.0. The van der Waals surface area contributed by atoms with Gasteiger partial charge in [0, 0.05) is 30.4 Å². The number of carbonyl (C=O) groups is 2. The minimum absolute atomic E-state index is 0.00238. The SMILES string of the molecule is CCOC(=O)c1c(C)c(C(=O)C(C)N(C)S(=O)(=O)c2cc(Cl)ccc2Cl)c(C)n1C. The van der Waals surface area contributed by atoms with Crippen LogP contribution in [0.15, 0.2) is 23.1 Å². The fourth-order valence-electron chi connectivity index (χ4n) is 3.24. The number of rotatable bonds is 7. The van der Waals surface area contributed by atoms with Crippen molar-refractivity contribution in [3.8, 4) is 0 Å². The molecule has 0 saturated carbocycles. The van der Waals surface area contributed by atoms with Crippen LogP contribution in [-0.2, 0) is 21.8 Å². The predicted octanol–water partition coefficient (Wildman–Crippen LogP) is 4.02. The van der Waals surface area contributed by atoms with Gasteiger partial charge in [-0.1, -0.05) is 23.2 Å². The van der Waals surface area contributed by atoms with Crippen LogP contribution in [0.4, 0.5) is 0 Å². The first kappa shape index (κ1) is 24.4. The zero-order valence-corrected chi connectivity index (χ0v) is 19.9. The quantitative estimate of drug-likeness (QED) is 0.446. The van der Waals surface area contributed by atoms with Gasteiger partial charge in [0.05, 0.1) is 17.7 Å². The largest absolute Gasteiger partial charge is 0.461 e. The highest BCUT2D eigenvalue weighted by Gasteiger charge is 2.35. The number of Topliss-reactive ketones (excluding diaryl/α,β-unsaturated/α-hetero) is 1. The highest BCUT2D eigenvalue weighted by atomic mass is 35.5. The topological polar surface area (TPSA) is 85.7 Å². The van der Waals surface area contributed by atoms with E-state index in [1.807, 2.05) is 0 Å². The number of ether oxygens (including phenoxy) is 1. The van der Waals surface area contributed by atoms with E-state index in [2.05, 4.69) is 0 Å². The van der Waals surface area contributed by atoms with Crippen LogP contribution in [0, 0.1) is 13.8 Å². The molecule has 0 bridgehead atoms. The molecule has 0 amide bonds. The van der Waals surface area contributed by atoms with Crippen molar-refractivity contribution in [2.75, 3.05) is 13.7 Å². The lowest BCUT2D eigenvalue weighted by Gasteiger charge is -2.24. The molecule has 0 aliphatic carbocycles. The average Bonchev–Trinajstić information content (AvgIpc) is 2.90. The summed E-state index contributed by atoms with van der Waals surface area (Å²) in [7, 11) is -1.15. The third kappa shape index (κ3) is 4.27. The van der Waals surface area contributed by atoms with Gasteiger partial charge in [0.15, 0.2) is 5.78 Å². The first-order chi connectivity index (χ1) is 13.9. The second-order valence-corrected chi connectivity index (χ2v) is 9.66. The minimum Gasteiger partial charge on any atom is -0.461 e. The van der Waals surface area contributed by atoms with Crippen LogP contribution >= 0.6 is 23.2 Å². The molecule has 1 atom stereocenters. The molecule has 2 rings (SSSR count). The number of esters is 1. The normalized spacial score (nSPS) is 12.8. The lowest BCUT2D eigenvalue weighted by atomic mass is 10.0. The molecule has 10 heteroatoms. The molecule has 0 radical (unpaired) electrons. The maximum atomic E-state index is 13.3.